The number of carbonyl (C=O) groups excluding carboxylic acids is 1. The minimum absolute atomic E-state index is 0.00838. The molecule has 0 aliphatic carbocycles. The van der Waals surface area contributed by atoms with Gasteiger partial charge in [-0.15, -0.1) is 0 Å². The second-order valence-corrected chi connectivity index (χ2v) is 9.66. The van der Waals surface area contributed by atoms with Gasteiger partial charge in [0.05, 0.1) is 23.4 Å². The number of oxazole rings is 1. The molecule has 176 valence electrons. The van der Waals surface area contributed by atoms with E-state index in [0.717, 1.165) is 11.1 Å². The molecule has 1 amide bonds. The average molecular weight is 480 g/mol. The summed E-state index contributed by atoms with van der Waals surface area (Å²) in [5.74, 6) is 0.659. The second kappa shape index (κ2) is 10.1. The number of nitrogens with one attached hydrogen (secondary N) is 2. The lowest BCUT2D eigenvalue weighted by Crippen LogP contribution is -2.27. The van der Waals surface area contributed by atoms with Gasteiger partial charge in [0.2, 0.25) is 15.9 Å². The van der Waals surface area contributed by atoms with Crippen LogP contribution in [-0.4, -0.2) is 25.9 Å². The smallest absolute Gasteiger partial charge is 0.251 e. The van der Waals surface area contributed by atoms with Gasteiger partial charge in [-0.05, 0) is 55.8 Å². The zero-order chi connectivity index (χ0) is 24.1. The van der Waals surface area contributed by atoms with Crippen LogP contribution in [0.5, 0.6) is 0 Å². The van der Waals surface area contributed by atoms with Crippen molar-refractivity contribution >= 4 is 15.9 Å². The fourth-order valence-corrected chi connectivity index (χ4v) is 4.34. The third-order valence-corrected chi connectivity index (χ3v) is 6.70. The standard InChI is InChI=1S/C25H25N3O5S/c1-17-5-8-19(9-6-17)25-28-20(16-33-25)11-12-26-24(29)23-14-22(10-7-18(23)2)34(30,31)27-15-21-4-3-13-32-21/h3-10,13-14,16,27H,11-12,15H2,1-2H3,(H,26,29). The van der Waals surface area contributed by atoms with Crippen LogP contribution in [0.1, 0.15) is 32.9 Å². The number of rotatable bonds is 9. The highest BCUT2D eigenvalue weighted by Gasteiger charge is 2.18. The van der Waals surface area contributed by atoms with Gasteiger partial charge in [0.25, 0.3) is 5.91 Å². The van der Waals surface area contributed by atoms with Gasteiger partial charge < -0.3 is 14.2 Å². The molecule has 0 radical (unpaired) electrons. The summed E-state index contributed by atoms with van der Waals surface area (Å²) >= 11 is 0. The van der Waals surface area contributed by atoms with E-state index in [-0.39, 0.29) is 17.3 Å². The molecule has 0 atom stereocenters. The van der Waals surface area contributed by atoms with Crippen molar-refractivity contribution < 1.29 is 22.0 Å². The Morgan fingerprint density at radius 1 is 1.03 bits per heavy atom. The summed E-state index contributed by atoms with van der Waals surface area (Å²) < 4.78 is 38.5. The Labute approximate surface area is 198 Å². The van der Waals surface area contributed by atoms with E-state index in [4.69, 9.17) is 8.83 Å². The number of sulfonamides is 1. The molecule has 2 aromatic carbocycles. The third-order valence-electron chi connectivity index (χ3n) is 5.30. The highest BCUT2D eigenvalue weighted by molar-refractivity contribution is 7.89. The van der Waals surface area contributed by atoms with Crippen molar-refractivity contribution in [1.82, 2.24) is 15.0 Å². The molecule has 0 saturated carbocycles. The zero-order valence-corrected chi connectivity index (χ0v) is 19.7. The van der Waals surface area contributed by atoms with Crippen molar-refractivity contribution in [3.8, 4) is 11.5 Å². The number of hydrogen-bond acceptors (Lipinski definition) is 6. The van der Waals surface area contributed by atoms with E-state index in [9.17, 15) is 13.2 Å². The summed E-state index contributed by atoms with van der Waals surface area (Å²) in [6.45, 7) is 4.11. The van der Waals surface area contributed by atoms with E-state index in [1.165, 1.54) is 18.4 Å². The topological polar surface area (TPSA) is 114 Å². The van der Waals surface area contributed by atoms with Crippen LogP contribution in [0, 0.1) is 13.8 Å². The van der Waals surface area contributed by atoms with Gasteiger partial charge in [0, 0.05) is 24.1 Å². The van der Waals surface area contributed by atoms with Crippen LogP contribution in [0.4, 0.5) is 0 Å². The molecule has 0 fully saturated rings. The summed E-state index contributed by atoms with van der Waals surface area (Å²) in [5.41, 5.74) is 3.71. The van der Waals surface area contributed by atoms with E-state index < -0.39 is 10.0 Å². The van der Waals surface area contributed by atoms with Gasteiger partial charge in [-0.1, -0.05) is 23.8 Å². The molecule has 0 aliphatic rings. The molecule has 0 bridgehead atoms. The monoisotopic (exact) mass is 479 g/mol. The molecule has 4 rings (SSSR count). The Kier molecular flexibility index (Phi) is 6.95. The lowest BCUT2D eigenvalue weighted by molar-refractivity contribution is 0.0953. The molecule has 2 N–H and O–H groups in total. The third kappa shape index (κ3) is 5.62. The van der Waals surface area contributed by atoms with Gasteiger partial charge in [-0.3, -0.25) is 4.79 Å². The quantitative estimate of drug-likeness (QED) is 0.375. The van der Waals surface area contributed by atoms with E-state index in [2.05, 4.69) is 15.0 Å². The van der Waals surface area contributed by atoms with Gasteiger partial charge in [-0.2, -0.15) is 0 Å². The van der Waals surface area contributed by atoms with Gasteiger partial charge >= 0.3 is 0 Å². The van der Waals surface area contributed by atoms with Crippen LogP contribution < -0.4 is 10.0 Å². The lowest BCUT2D eigenvalue weighted by Gasteiger charge is -2.10. The Hall–Kier alpha value is -3.69. The van der Waals surface area contributed by atoms with Crippen LogP contribution in [-0.2, 0) is 23.0 Å². The van der Waals surface area contributed by atoms with E-state index in [1.807, 2.05) is 31.2 Å². The number of carbonyl (C=O) groups is 1. The molecule has 0 aliphatic heterocycles. The summed E-state index contributed by atoms with van der Waals surface area (Å²) in [5, 5.41) is 2.83. The highest BCUT2D eigenvalue weighted by Crippen LogP contribution is 2.19. The lowest BCUT2D eigenvalue weighted by atomic mass is 10.1. The number of aryl methyl sites for hydroxylation is 2. The number of furan rings is 1. The summed E-state index contributed by atoms with van der Waals surface area (Å²) in [6, 6.07) is 15.7. The molecule has 2 aromatic heterocycles. The molecule has 2 heterocycles. The molecule has 8 nitrogen and oxygen atoms in total. The Bertz CT molecular complexity index is 1370. The molecule has 4 aromatic rings. The molecule has 0 spiro atoms. The Balaban J connectivity index is 1.37. The zero-order valence-electron chi connectivity index (χ0n) is 18.9. The predicted octanol–water partition coefficient (Wildman–Crippen LogP) is 4.00. The highest BCUT2D eigenvalue weighted by atomic mass is 32.2. The average Bonchev–Trinajstić information content (AvgIpc) is 3.51. The molecule has 0 unspecified atom stereocenters. The van der Waals surface area contributed by atoms with Crippen molar-refractivity contribution in [2.45, 2.75) is 31.7 Å². The largest absolute Gasteiger partial charge is 0.468 e. The first kappa shape index (κ1) is 23.5. The molecule has 0 saturated heterocycles. The predicted molar refractivity (Wildman–Crippen MR) is 127 cm³/mol. The second-order valence-electron chi connectivity index (χ2n) is 7.90. The van der Waals surface area contributed by atoms with Crippen LogP contribution in [0.25, 0.3) is 11.5 Å². The van der Waals surface area contributed by atoms with Crippen molar-refractivity contribution in [3.63, 3.8) is 0 Å². The maximum atomic E-state index is 12.8. The fourth-order valence-electron chi connectivity index (χ4n) is 3.33. The minimum Gasteiger partial charge on any atom is -0.468 e. The molecular formula is C25H25N3O5S. The molecular weight excluding hydrogens is 454 g/mol. The number of aromatic nitrogens is 1. The Morgan fingerprint density at radius 2 is 1.82 bits per heavy atom. The van der Waals surface area contributed by atoms with Gasteiger partial charge in [0.1, 0.15) is 12.0 Å². The fraction of sp³-hybridized carbons (Fsp3) is 0.200. The Morgan fingerprint density at radius 3 is 2.56 bits per heavy atom. The van der Waals surface area contributed by atoms with Crippen molar-refractivity contribution in [2.75, 3.05) is 6.54 Å². The van der Waals surface area contributed by atoms with E-state index in [1.54, 1.807) is 31.4 Å². The van der Waals surface area contributed by atoms with Crippen molar-refractivity contribution in [3.05, 3.63) is 95.3 Å². The van der Waals surface area contributed by atoms with E-state index in [0.29, 0.717) is 41.4 Å². The maximum Gasteiger partial charge on any atom is 0.251 e. The first-order chi connectivity index (χ1) is 16.3. The maximum absolute atomic E-state index is 12.8. The number of amides is 1. The summed E-state index contributed by atoms with van der Waals surface area (Å²) in [7, 11) is -3.81. The van der Waals surface area contributed by atoms with Crippen LogP contribution in [0.15, 0.2) is 80.9 Å². The summed E-state index contributed by atoms with van der Waals surface area (Å²) in [6.07, 6.45) is 3.52. The van der Waals surface area contributed by atoms with Gasteiger partial charge in [0.15, 0.2) is 0 Å². The van der Waals surface area contributed by atoms with Crippen LogP contribution in [0.3, 0.4) is 0 Å². The van der Waals surface area contributed by atoms with Crippen LogP contribution >= 0.6 is 0 Å². The number of hydrogen-bond donors (Lipinski definition) is 2. The molecule has 9 heteroatoms. The first-order valence-corrected chi connectivity index (χ1v) is 12.2. The van der Waals surface area contributed by atoms with Crippen molar-refractivity contribution in [2.24, 2.45) is 0 Å². The van der Waals surface area contributed by atoms with E-state index >= 15 is 0 Å². The minimum atomic E-state index is -3.81. The normalized spacial score (nSPS) is 11.5. The SMILES string of the molecule is Cc1ccc(-c2nc(CCNC(=O)c3cc(S(=O)(=O)NCc4ccco4)ccc3C)co2)cc1. The summed E-state index contributed by atoms with van der Waals surface area (Å²) in [4.78, 5) is 17.2. The number of nitrogens with zero attached hydrogens (tertiary/aromatic N) is 1. The number of benzene rings is 2. The molecule has 34 heavy (non-hydrogen) atoms. The van der Waals surface area contributed by atoms with Crippen molar-refractivity contribution in [1.29, 1.82) is 0 Å². The first-order valence-electron chi connectivity index (χ1n) is 10.7. The van der Waals surface area contributed by atoms with Crippen LogP contribution in [0.2, 0.25) is 0 Å². The van der Waals surface area contributed by atoms with Gasteiger partial charge in [-0.25, -0.2) is 18.1 Å².